The van der Waals surface area contributed by atoms with Gasteiger partial charge in [0.25, 0.3) is 5.56 Å². The van der Waals surface area contributed by atoms with Gasteiger partial charge in [-0.2, -0.15) is 0 Å². The average molecular weight is 737 g/mol. The number of thiazole rings is 1. The van der Waals surface area contributed by atoms with Crippen molar-refractivity contribution in [1.82, 2.24) is 4.57 Å². The van der Waals surface area contributed by atoms with Gasteiger partial charge in [0.05, 0.1) is 26.9 Å². The minimum Gasteiger partial charge on any atom is -0.487 e. The normalized spacial score (nSPS) is 15.0. The van der Waals surface area contributed by atoms with Crippen molar-refractivity contribution in [2.75, 3.05) is 6.61 Å². The molecular formula is C30H22Br2Cl2N2O4S. The molecule has 1 atom stereocenters. The van der Waals surface area contributed by atoms with Gasteiger partial charge in [-0.15, -0.1) is 0 Å². The second kappa shape index (κ2) is 12.7. The second-order valence-corrected chi connectivity index (χ2v) is 12.6. The van der Waals surface area contributed by atoms with Crippen LogP contribution in [0.4, 0.5) is 0 Å². The molecule has 0 radical (unpaired) electrons. The number of hydrogen-bond acceptors (Lipinski definition) is 6. The van der Waals surface area contributed by atoms with E-state index in [1.165, 1.54) is 15.9 Å². The van der Waals surface area contributed by atoms with Crippen molar-refractivity contribution in [2.45, 2.75) is 26.5 Å². The first-order valence-electron chi connectivity index (χ1n) is 12.5. The number of allylic oxidation sites excluding steroid dienone is 1. The molecule has 210 valence electrons. The Morgan fingerprint density at radius 1 is 1.10 bits per heavy atom. The summed E-state index contributed by atoms with van der Waals surface area (Å²) < 4.78 is 15.0. The van der Waals surface area contributed by atoms with E-state index in [0.717, 1.165) is 10.0 Å². The first-order chi connectivity index (χ1) is 19.7. The summed E-state index contributed by atoms with van der Waals surface area (Å²) in [6.45, 7) is 3.88. The number of esters is 1. The molecule has 0 unspecified atom stereocenters. The van der Waals surface area contributed by atoms with E-state index in [-0.39, 0.29) is 24.3 Å². The standard InChI is InChI=1S/C30H22Br2Cl2N2O4S/c1-3-39-29(38)25-16(2)35-30-36(26(25)20-9-5-7-11-23(20)34)28(37)24(41-30)13-18-12-19(31)14-21(32)27(18)40-15-17-8-4-6-10-22(17)33/h4-14,26H,3,15H2,1-2H3/b24-13-/t26-/m0/s1. The van der Waals surface area contributed by atoms with Crippen molar-refractivity contribution in [3.63, 3.8) is 0 Å². The fourth-order valence-corrected chi connectivity index (χ4v) is 7.37. The first-order valence-corrected chi connectivity index (χ1v) is 15.6. The summed E-state index contributed by atoms with van der Waals surface area (Å²) in [4.78, 5) is 32.2. The van der Waals surface area contributed by atoms with Gasteiger partial charge in [0.1, 0.15) is 18.4 Å². The first kappa shape index (κ1) is 29.8. The number of rotatable bonds is 7. The van der Waals surface area contributed by atoms with Gasteiger partial charge in [-0.1, -0.05) is 86.9 Å². The zero-order valence-electron chi connectivity index (χ0n) is 21.8. The topological polar surface area (TPSA) is 69.9 Å². The van der Waals surface area contributed by atoms with Gasteiger partial charge in [-0.3, -0.25) is 9.36 Å². The third-order valence-corrected chi connectivity index (χ3v) is 9.11. The van der Waals surface area contributed by atoms with Gasteiger partial charge in [0.2, 0.25) is 0 Å². The zero-order chi connectivity index (χ0) is 29.3. The molecule has 0 saturated carbocycles. The molecule has 0 bridgehead atoms. The fourth-order valence-electron chi connectivity index (χ4n) is 4.53. The lowest BCUT2D eigenvalue weighted by molar-refractivity contribution is -0.139. The van der Waals surface area contributed by atoms with Crippen LogP contribution in [0, 0.1) is 0 Å². The molecule has 0 aliphatic carbocycles. The predicted octanol–water partition coefficient (Wildman–Crippen LogP) is 7.21. The number of carbonyl (C=O) groups excluding carboxylic acids is 1. The van der Waals surface area contributed by atoms with E-state index in [4.69, 9.17) is 32.7 Å². The Morgan fingerprint density at radius 2 is 1.80 bits per heavy atom. The molecule has 5 rings (SSSR count). The van der Waals surface area contributed by atoms with Crippen molar-refractivity contribution in [3.05, 3.63) is 127 Å². The van der Waals surface area contributed by atoms with Crippen molar-refractivity contribution in [1.29, 1.82) is 0 Å². The van der Waals surface area contributed by atoms with Crippen LogP contribution in [0.25, 0.3) is 6.08 Å². The molecule has 2 heterocycles. The largest absolute Gasteiger partial charge is 0.487 e. The molecule has 1 aliphatic heterocycles. The number of benzene rings is 3. The van der Waals surface area contributed by atoms with Crippen molar-refractivity contribution >= 4 is 78.4 Å². The van der Waals surface area contributed by atoms with E-state index in [2.05, 4.69) is 36.9 Å². The Balaban J connectivity index is 1.67. The van der Waals surface area contributed by atoms with Gasteiger partial charge >= 0.3 is 5.97 Å². The monoisotopic (exact) mass is 734 g/mol. The second-order valence-electron chi connectivity index (χ2n) is 9.01. The summed E-state index contributed by atoms with van der Waals surface area (Å²) in [5.74, 6) is 0.00383. The average Bonchev–Trinajstić information content (AvgIpc) is 3.22. The van der Waals surface area contributed by atoms with E-state index < -0.39 is 12.0 Å². The number of aromatic nitrogens is 1. The van der Waals surface area contributed by atoms with Crippen LogP contribution in [-0.2, 0) is 16.1 Å². The van der Waals surface area contributed by atoms with Crippen molar-refractivity contribution in [2.24, 2.45) is 4.99 Å². The number of halogens is 4. The van der Waals surface area contributed by atoms with E-state index >= 15 is 0 Å². The van der Waals surface area contributed by atoms with E-state index in [0.29, 0.717) is 46.4 Å². The van der Waals surface area contributed by atoms with Gasteiger partial charge in [-0.25, -0.2) is 9.79 Å². The van der Waals surface area contributed by atoms with Crippen molar-refractivity contribution in [3.8, 4) is 5.75 Å². The molecule has 3 aromatic carbocycles. The highest BCUT2D eigenvalue weighted by Crippen LogP contribution is 2.36. The summed E-state index contributed by atoms with van der Waals surface area (Å²) in [5.41, 5.74) is 2.52. The van der Waals surface area contributed by atoms with Gasteiger partial charge < -0.3 is 9.47 Å². The van der Waals surface area contributed by atoms with Crippen LogP contribution in [-0.4, -0.2) is 17.1 Å². The predicted molar refractivity (Wildman–Crippen MR) is 169 cm³/mol. The summed E-state index contributed by atoms with van der Waals surface area (Å²) in [5, 5.41) is 1.03. The molecule has 41 heavy (non-hydrogen) atoms. The summed E-state index contributed by atoms with van der Waals surface area (Å²) in [6.07, 6.45) is 1.76. The van der Waals surface area contributed by atoms with Crippen LogP contribution < -0.4 is 19.6 Å². The number of ether oxygens (including phenoxy) is 2. The molecule has 0 saturated heterocycles. The van der Waals surface area contributed by atoms with Gasteiger partial charge in [-0.05, 0) is 65.7 Å². The Bertz CT molecular complexity index is 1880. The Hall–Kier alpha value is -2.69. The number of nitrogens with zero attached hydrogens (tertiary/aromatic N) is 2. The minimum absolute atomic E-state index is 0.185. The highest BCUT2D eigenvalue weighted by atomic mass is 79.9. The maximum absolute atomic E-state index is 14.0. The lowest BCUT2D eigenvalue weighted by Gasteiger charge is -2.25. The lowest BCUT2D eigenvalue weighted by atomic mass is 9.96. The van der Waals surface area contributed by atoms with Crippen LogP contribution in [0.1, 0.15) is 36.6 Å². The highest BCUT2D eigenvalue weighted by molar-refractivity contribution is 9.11. The Kier molecular flexibility index (Phi) is 9.21. The van der Waals surface area contributed by atoms with Gasteiger partial charge in [0, 0.05) is 25.6 Å². The van der Waals surface area contributed by atoms with Crippen LogP contribution in [0.15, 0.2) is 90.7 Å². The van der Waals surface area contributed by atoms with Crippen molar-refractivity contribution < 1.29 is 14.3 Å². The highest BCUT2D eigenvalue weighted by Gasteiger charge is 2.34. The Morgan fingerprint density at radius 3 is 2.51 bits per heavy atom. The number of fused-ring (bicyclic) bond motifs is 1. The molecule has 0 spiro atoms. The molecule has 1 aliphatic rings. The van der Waals surface area contributed by atoms with Crippen LogP contribution in [0.2, 0.25) is 10.0 Å². The quantitative estimate of drug-likeness (QED) is 0.188. The van der Waals surface area contributed by atoms with Gasteiger partial charge in [0.15, 0.2) is 4.80 Å². The van der Waals surface area contributed by atoms with E-state index in [9.17, 15) is 9.59 Å². The molecule has 1 aromatic heterocycles. The van der Waals surface area contributed by atoms with E-state index in [1.54, 1.807) is 44.2 Å². The maximum atomic E-state index is 14.0. The summed E-state index contributed by atoms with van der Waals surface area (Å²) >= 11 is 21.3. The molecule has 6 nitrogen and oxygen atoms in total. The number of hydrogen-bond donors (Lipinski definition) is 0. The lowest BCUT2D eigenvalue weighted by Crippen LogP contribution is -2.40. The molecule has 0 N–H and O–H groups in total. The van der Waals surface area contributed by atoms with Crippen LogP contribution >= 0.6 is 66.4 Å². The third-order valence-electron chi connectivity index (χ3n) is 6.37. The minimum atomic E-state index is -0.800. The molecule has 4 aromatic rings. The number of carbonyl (C=O) groups is 1. The zero-order valence-corrected chi connectivity index (χ0v) is 27.3. The molecule has 0 amide bonds. The van der Waals surface area contributed by atoms with E-state index in [1.807, 2.05) is 36.4 Å². The Labute approximate surface area is 266 Å². The SMILES string of the molecule is CCOC(=O)C1=C(C)N=c2s/c(=C\c3cc(Br)cc(Br)c3OCc3ccccc3Cl)c(=O)n2[C@H]1c1ccccc1Cl. The third kappa shape index (κ3) is 6.10. The summed E-state index contributed by atoms with van der Waals surface area (Å²) in [6, 6.07) is 17.5. The molecule has 0 fully saturated rings. The van der Waals surface area contributed by atoms with Crippen LogP contribution in [0.3, 0.4) is 0 Å². The smallest absolute Gasteiger partial charge is 0.338 e. The fraction of sp³-hybridized carbons (Fsp3) is 0.167. The molecular weight excluding hydrogens is 715 g/mol. The maximum Gasteiger partial charge on any atom is 0.338 e. The molecule has 11 heteroatoms. The summed E-state index contributed by atoms with van der Waals surface area (Å²) in [7, 11) is 0. The van der Waals surface area contributed by atoms with Crippen LogP contribution in [0.5, 0.6) is 5.75 Å².